The fourth-order valence-corrected chi connectivity index (χ4v) is 11.2. The van der Waals surface area contributed by atoms with Gasteiger partial charge in [-0.25, -0.2) is 0 Å². The maximum atomic E-state index is 6.19. The number of hydrogen-bond donors (Lipinski definition) is 0. The van der Waals surface area contributed by atoms with Crippen LogP contribution in [0.1, 0.15) is 70.1 Å². The maximum Gasteiger partial charge on any atom is 0.120 e. The third kappa shape index (κ3) is 8.80. The smallest absolute Gasteiger partial charge is 0.120 e. The van der Waals surface area contributed by atoms with Crippen LogP contribution in [0.15, 0.2) is 161 Å². The predicted molar refractivity (Wildman–Crippen MR) is 284 cm³/mol. The van der Waals surface area contributed by atoms with Gasteiger partial charge < -0.3 is 18.4 Å². The summed E-state index contributed by atoms with van der Waals surface area (Å²) in [7, 11) is -1.44. The van der Waals surface area contributed by atoms with Crippen molar-refractivity contribution < 1.29 is 28.9 Å². The van der Waals surface area contributed by atoms with Crippen LogP contribution in [0.4, 0.5) is 0 Å². The number of pyridine rings is 1. The molecular weight excluding hydrogens is 1030 g/mol. The molecule has 4 heterocycles. The minimum absolute atomic E-state index is 0. The molecule has 0 unspecified atom stereocenters. The van der Waals surface area contributed by atoms with Crippen molar-refractivity contribution in [2.24, 2.45) is 5.92 Å². The molecule has 343 valence electrons. The number of imidazole rings is 1. The van der Waals surface area contributed by atoms with Crippen molar-refractivity contribution in [1.29, 1.82) is 0 Å². The predicted octanol–water partition coefficient (Wildman–Crippen LogP) is 16.5. The van der Waals surface area contributed by atoms with Crippen molar-refractivity contribution in [1.82, 2.24) is 14.5 Å². The molecule has 11 aromatic rings. The first kappa shape index (κ1) is 46.7. The van der Waals surface area contributed by atoms with Crippen LogP contribution in [0.25, 0.3) is 94.4 Å². The van der Waals surface area contributed by atoms with Gasteiger partial charge in [-0.2, -0.15) is 0 Å². The summed E-state index contributed by atoms with van der Waals surface area (Å²) < 4.78 is 14.7. The van der Waals surface area contributed by atoms with Gasteiger partial charge in [0, 0.05) is 42.8 Å². The minimum atomic E-state index is -1.44. The summed E-state index contributed by atoms with van der Waals surface area (Å²) in [6.07, 6.45) is 3.18. The Morgan fingerprint density at radius 2 is 1.25 bits per heavy atom. The summed E-state index contributed by atoms with van der Waals surface area (Å²) >= 11 is 0. The van der Waals surface area contributed by atoms with Crippen molar-refractivity contribution in [2.75, 3.05) is 0 Å². The van der Waals surface area contributed by atoms with Gasteiger partial charge in [-0.05, 0) is 93.7 Å². The standard InChI is InChI=1S/C37H31N2O.C24H26NOSi.Ir/c1-23(2)29-21-27(25-12-6-5-7-13-25)22-30(24(3)4)36(29)39-33-16-10-9-15-32(33)38-37(39)26-18-19-35-31(20-26)28-14-8-11-17-34(28)40-35;1-16(2)13-17-14-21(25-15-23(17)27(3,4)5)20-11-8-10-19-18-9-6-7-12-22(18)26-24(19)20;/h5-17,19-24H,1-4H3;6-10,12,14-16H,13H2,1-5H3;/q2*-1;. The van der Waals surface area contributed by atoms with E-state index in [-0.39, 0.29) is 20.1 Å². The van der Waals surface area contributed by atoms with Crippen LogP contribution >= 0.6 is 0 Å². The van der Waals surface area contributed by atoms with E-state index in [0.29, 0.717) is 17.8 Å². The van der Waals surface area contributed by atoms with Crippen LogP contribution in [0, 0.1) is 18.1 Å². The van der Waals surface area contributed by atoms with Gasteiger partial charge in [0.15, 0.2) is 0 Å². The maximum absolute atomic E-state index is 6.19. The first-order valence-electron chi connectivity index (χ1n) is 23.7. The number of furan rings is 2. The van der Waals surface area contributed by atoms with E-state index in [4.69, 9.17) is 18.8 Å². The largest absolute Gasteiger partial charge is 0.501 e. The third-order valence-electron chi connectivity index (χ3n) is 12.9. The average Bonchev–Trinajstić information content (AvgIpc) is 4.02. The van der Waals surface area contributed by atoms with Gasteiger partial charge in [0.25, 0.3) is 0 Å². The van der Waals surface area contributed by atoms with E-state index in [1.54, 1.807) is 0 Å². The van der Waals surface area contributed by atoms with Crippen LogP contribution in [0.3, 0.4) is 0 Å². The topological polar surface area (TPSA) is 57.0 Å². The van der Waals surface area contributed by atoms with Gasteiger partial charge in [0.05, 0.1) is 36.1 Å². The van der Waals surface area contributed by atoms with Gasteiger partial charge in [-0.3, -0.25) is 4.98 Å². The molecule has 0 amide bonds. The summed E-state index contributed by atoms with van der Waals surface area (Å²) in [4.78, 5) is 10.1. The monoisotopic (exact) mass is 1080 g/mol. The average molecular weight is 1080 g/mol. The number of fused-ring (bicyclic) bond motifs is 7. The van der Waals surface area contributed by atoms with E-state index in [1.807, 2.05) is 36.4 Å². The van der Waals surface area contributed by atoms with Gasteiger partial charge in [-0.15, -0.1) is 42.0 Å². The second kappa shape index (κ2) is 19.0. The first-order chi connectivity index (χ1) is 32.3. The SMILES string of the molecule is CC(C)Cc1cc(-c2[c-]ccc3c2oc2ccccc23)ncc1[Si](C)(C)C.CC(C)c1cc(-c2ccccc2)cc(C(C)C)c1-n1c(-c2[c-]cc3oc4ccccc4c3c2)nc2ccccc21.[Ir]. The van der Waals surface area contributed by atoms with E-state index in [9.17, 15) is 0 Å². The second-order valence-electron chi connectivity index (χ2n) is 19.9. The van der Waals surface area contributed by atoms with Gasteiger partial charge in [0.1, 0.15) is 11.2 Å². The van der Waals surface area contributed by atoms with E-state index in [0.717, 1.165) is 84.0 Å². The van der Waals surface area contributed by atoms with Crippen LogP contribution < -0.4 is 5.19 Å². The van der Waals surface area contributed by atoms with Crippen LogP contribution in [0.5, 0.6) is 0 Å². The quantitative estimate of drug-likeness (QED) is 0.107. The van der Waals surface area contributed by atoms with E-state index in [1.165, 1.54) is 38.7 Å². The Morgan fingerprint density at radius 3 is 1.93 bits per heavy atom. The molecular formula is C61H57IrN3O2Si-2. The molecule has 0 aliphatic heterocycles. The van der Waals surface area contributed by atoms with Crippen LogP contribution in [-0.4, -0.2) is 22.6 Å². The Kier molecular flexibility index (Phi) is 13.0. The van der Waals surface area contributed by atoms with Crippen molar-refractivity contribution in [2.45, 2.75) is 79.4 Å². The van der Waals surface area contributed by atoms with Crippen molar-refractivity contribution >= 4 is 68.2 Å². The zero-order chi connectivity index (χ0) is 46.6. The molecule has 0 saturated heterocycles. The Morgan fingerprint density at radius 1 is 0.618 bits per heavy atom. The van der Waals surface area contributed by atoms with Gasteiger partial charge in [0.2, 0.25) is 0 Å². The summed E-state index contributed by atoms with van der Waals surface area (Å²) in [5.74, 6) is 2.13. The van der Waals surface area contributed by atoms with Crippen molar-refractivity contribution in [3.63, 3.8) is 0 Å². The first-order valence-corrected chi connectivity index (χ1v) is 27.2. The number of aromatic nitrogens is 3. The van der Waals surface area contributed by atoms with Crippen LogP contribution in [0.2, 0.25) is 19.6 Å². The van der Waals surface area contributed by atoms with Crippen molar-refractivity contribution in [3.8, 4) is 39.5 Å². The Labute approximate surface area is 414 Å². The molecule has 0 atom stereocenters. The summed E-state index contributed by atoms with van der Waals surface area (Å²) in [5.41, 5.74) is 16.2. The molecule has 7 aromatic carbocycles. The number of hydrogen-bond acceptors (Lipinski definition) is 4. The van der Waals surface area contributed by atoms with Gasteiger partial charge >= 0.3 is 0 Å². The molecule has 0 fully saturated rings. The minimum Gasteiger partial charge on any atom is -0.501 e. The normalized spacial score (nSPS) is 11.9. The van der Waals surface area contributed by atoms with E-state index in [2.05, 4.69) is 193 Å². The molecule has 4 aromatic heterocycles. The van der Waals surface area contributed by atoms with E-state index < -0.39 is 8.07 Å². The number of benzene rings is 7. The fraction of sp³-hybridized carbons (Fsp3) is 0.213. The molecule has 0 N–H and O–H groups in total. The summed E-state index contributed by atoms with van der Waals surface area (Å²) in [6.45, 7) is 20.9. The van der Waals surface area contributed by atoms with Crippen molar-refractivity contribution in [3.05, 3.63) is 181 Å². The molecule has 11 rings (SSSR count). The van der Waals surface area contributed by atoms with Gasteiger partial charge in [-0.1, -0.05) is 168 Å². The summed E-state index contributed by atoms with van der Waals surface area (Å²) in [6, 6.07) is 57.6. The molecule has 0 saturated carbocycles. The Bertz CT molecular complexity index is 3560. The molecule has 5 nitrogen and oxygen atoms in total. The molecule has 68 heavy (non-hydrogen) atoms. The molecule has 0 bridgehead atoms. The molecule has 0 aliphatic carbocycles. The molecule has 0 aliphatic rings. The number of para-hydroxylation sites is 4. The summed E-state index contributed by atoms with van der Waals surface area (Å²) in [5, 5.41) is 5.91. The number of rotatable bonds is 9. The molecule has 1 radical (unpaired) electrons. The van der Waals surface area contributed by atoms with Crippen LogP contribution in [-0.2, 0) is 26.5 Å². The fourth-order valence-electron chi connectivity index (χ4n) is 9.65. The third-order valence-corrected chi connectivity index (χ3v) is 14.9. The number of nitrogens with zero attached hydrogens (tertiary/aromatic N) is 3. The zero-order valence-electron chi connectivity index (χ0n) is 40.4. The Balaban J connectivity index is 0.000000180. The molecule has 7 heteroatoms. The zero-order valence-corrected chi connectivity index (χ0v) is 43.8. The Hall–Kier alpha value is -6.37. The second-order valence-corrected chi connectivity index (χ2v) is 25.0. The van der Waals surface area contributed by atoms with E-state index >= 15 is 0 Å². The molecule has 0 spiro atoms.